The van der Waals surface area contributed by atoms with Crippen molar-refractivity contribution in [3.05, 3.63) is 36.7 Å². The molecule has 224 valence electrons. The number of aromatic nitrogens is 4. The van der Waals surface area contributed by atoms with E-state index in [0.29, 0.717) is 0 Å². The maximum Gasteiger partial charge on any atom is 0.459 e. The van der Waals surface area contributed by atoms with E-state index in [0.717, 1.165) is 4.57 Å². The van der Waals surface area contributed by atoms with Crippen molar-refractivity contribution in [1.29, 1.82) is 0 Å². The number of benzene rings is 1. The summed E-state index contributed by atoms with van der Waals surface area (Å²) in [5.74, 6) is -0.652. The number of alkyl halides is 2. The van der Waals surface area contributed by atoms with Crippen LogP contribution in [0.15, 0.2) is 36.7 Å². The lowest BCUT2D eigenvalue weighted by Crippen LogP contribution is -2.40. The van der Waals surface area contributed by atoms with Crippen molar-refractivity contribution in [3.8, 4) is 11.6 Å². The number of hydrogen-bond donors (Lipinski definition) is 3. The first-order valence-electron chi connectivity index (χ1n) is 12.7. The number of hydrogen-bond acceptors (Lipinski definition) is 12. The first-order valence-corrected chi connectivity index (χ1v) is 14.6. The highest BCUT2D eigenvalue weighted by Gasteiger charge is 2.58. The largest absolute Gasteiger partial charge is 0.476 e. The van der Waals surface area contributed by atoms with Crippen LogP contribution in [0.5, 0.6) is 11.6 Å². The lowest BCUT2D eigenvalue weighted by molar-refractivity contribution is -0.149. The Balaban J connectivity index is 1.56. The molecule has 1 aliphatic heterocycles. The van der Waals surface area contributed by atoms with Crippen LogP contribution in [0.2, 0.25) is 0 Å². The summed E-state index contributed by atoms with van der Waals surface area (Å²) in [5.41, 5.74) is 5.99. The van der Waals surface area contributed by atoms with Gasteiger partial charge in [0.1, 0.15) is 24.0 Å². The van der Waals surface area contributed by atoms with Crippen molar-refractivity contribution in [2.45, 2.75) is 63.4 Å². The summed E-state index contributed by atoms with van der Waals surface area (Å²) in [6.45, 7) is 6.06. The molecule has 0 saturated carbocycles. The fourth-order valence-corrected chi connectivity index (χ4v) is 5.73. The lowest BCUT2D eigenvalue weighted by atomic mass is 10.1. The molecule has 0 amide bonds. The summed E-state index contributed by atoms with van der Waals surface area (Å²) < 4.78 is 58.1. The van der Waals surface area contributed by atoms with E-state index in [1.165, 1.54) is 25.4 Å². The first kappa shape index (κ1) is 30.9. The molecule has 1 unspecified atom stereocenters. The topological polar surface area (TPSA) is 182 Å². The maximum absolute atomic E-state index is 15.8. The van der Waals surface area contributed by atoms with Crippen molar-refractivity contribution in [2.75, 3.05) is 18.9 Å². The van der Waals surface area contributed by atoms with Crippen molar-refractivity contribution in [2.24, 2.45) is 0 Å². The monoisotopic (exact) mass is 616 g/mol. The second kappa shape index (κ2) is 12.4. The number of para-hydroxylation sites is 1. The predicted molar refractivity (Wildman–Crippen MR) is 145 cm³/mol. The molecule has 3 heterocycles. The molecule has 0 spiro atoms. The average molecular weight is 617 g/mol. The van der Waals surface area contributed by atoms with Gasteiger partial charge >= 0.3 is 13.7 Å². The molecule has 0 bridgehead atoms. The van der Waals surface area contributed by atoms with E-state index in [2.05, 4.69) is 20.0 Å². The Hall–Kier alpha value is -3.07. The van der Waals surface area contributed by atoms with Crippen LogP contribution in [0.25, 0.3) is 11.2 Å². The van der Waals surface area contributed by atoms with Gasteiger partial charge in [0.05, 0.1) is 25.6 Å². The average Bonchev–Trinajstić information content (AvgIpc) is 3.41. The minimum absolute atomic E-state index is 0.0413. The summed E-state index contributed by atoms with van der Waals surface area (Å²) in [4.78, 5) is 24.6. The highest BCUT2D eigenvalue weighted by Crippen LogP contribution is 2.49. The summed E-state index contributed by atoms with van der Waals surface area (Å²) >= 11 is 6.14. The van der Waals surface area contributed by atoms with Crippen LogP contribution >= 0.6 is 19.3 Å². The number of nitrogens with one attached hydrogen (secondary N) is 1. The molecule has 4 N–H and O–H groups in total. The number of fused-ring (bicyclic) bond motifs is 1. The van der Waals surface area contributed by atoms with Gasteiger partial charge in [-0.1, -0.05) is 29.8 Å². The third-order valence-electron chi connectivity index (χ3n) is 5.75. The molecule has 0 aliphatic carbocycles. The molecule has 14 nitrogen and oxygen atoms in total. The molecule has 2 aromatic heterocycles. The number of imidazole rings is 1. The van der Waals surface area contributed by atoms with E-state index in [1.54, 1.807) is 39.0 Å². The zero-order valence-corrected chi connectivity index (χ0v) is 24.3. The zero-order valence-electron chi connectivity index (χ0n) is 22.6. The number of nitrogens with zero attached hydrogens (tertiary/aromatic N) is 4. The highest BCUT2D eigenvalue weighted by molar-refractivity contribution is 7.52. The minimum Gasteiger partial charge on any atom is -0.476 e. The fourth-order valence-electron chi connectivity index (χ4n) is 3.93. The second-order valence-corrected chi connectivity index (χ2v) is 11.6. The lowest BCUT2D eigenvalue weighted by Gasteiger charge is -2.25. The van der Waals surface area contributed by atoms with E-state index in [-0.39, 0.29) is 35.3 Å². The number of anilines is 1. The minimum atomic E-state index is -4.34. The molecule has 1 fully saturated rings. The molecule has 17 heteroatoms. The Morgan fingerprint density at radius 1 is 1.32 bits per heavy atom. The summed E-state index contributed by atoms with van der Waals surface area (Å²) in [6, 6.07) is 6.91. The van der Waals surface area contributed by atoms with Crippen LogP contribution < -0.4 is 20.1 Å². The van der Waals surface area contributed by atoms with E-state index in [4.69, 9.17) is 40.6 Å². The molecule has 0 radical (unpaired) electrons. The Labute approximate surface area is 239 Å². The fraction of sp³-hybridized carbons (Fsp3) is 0.500. The number of carbonyl (C=O) groups is 1. The number of ether oxygens (including phenoxy) is 3. The second-order valence-electron chi connectivity index (χ2n) is 9.32. The van der Waals surface area contributed by atoms with Gasteiger partial charge in [0, 0.05) is 0 Å². The van der Waals surface area contributed by atoms with Crippen LogP contribution in [0.1, 0.15) is 33.9 Å². The molecule has 1 aromatic carbocycles. The molecule has 4 rings (SSSR count). The van der Waals surface area contributed by atoms with Gasteiger partial charge in [-0.3, -0.25) is 13.9 Å². The van der Waals surface area contributed by atoms with Gasteiger partial charge in [0.25, 0.3) is 5.13 Å². The van der Waals surface area contributed by atoms with E-state index in [9.17, 15) is 14.5 Å². The van der Waals surface area contributed by atoms with Gasteiger partial charge in [-0.15, -0.1) is 0 Å². The molecular weight excluding hydrogens is 586 g/mol. The van der Waals surface area contributed by atoms with Gasteiger partial charge in [-0.2, -0.15) is 15.1 Å². The number of esters is 1. The van der Waals surface area contributed by atoms with Crippen LogP contribution in [-0.2, 0) is 23.4 Å². The van der Waals surface area contributed by atoms with Crippen molar-refractivity contribution in [3.63, 3.8) is 0 Å². The number of aliphatic hydroxyl groups is 1. The number of halogens is 2. The van der Waals surface area contributed by atoms with E-state index < -0.39 is 56.0 Å². The Bertz CT molecular complexity index is 1410. The normalized spacial score (nSPS) is 24.7. The maximum atomic E-state index is 15.8. The summed E-state index contributed by atoms with van der Waals surface area (Å²) in [6.07, 6.45) is -4.31. The Morgan fingerprint density at radius 3 is 2.68 bits per heavy atom. The van der Waals surface area contributed by atoms with Crippen LogP contribution in [0, 0.1) is 0 Å². The van der Waals surface area contributed by atoms with Crippen molar-refractivity contribution >= 4 is 42.4 Å². The van der Waals surface area contributed by atoms with Crippen molar-refractivity contribution < 1.29 is 42.1 Å². The smallest absolute Gasteiger partial charge is 0.459 e. The van der Waals surface area contributed by atoms with Gasteiger partial charge in [-0.05, 0) is 39.8 Å². The van der Waals surface area contributed by atoms with Gasteiger partial charge in [-0.25, -0.2) is 13.9 Å². The Kier molecular flexibility index (Phi) is 9.36. The predicted octanol–water partition coefficient (Wildman–Crippen LogP) is 3.10. The van der Waals surface area contributed by atoms with Gasteiger partial charge in [0.2, 0.25) is 11.8 Å². The third-order valence-corrected chi connectivity index (χ3v) is 7.81. The molecule has 1 aliphatic rings. The molecule has 41 heavy (non-hydrogen) atoms. The third kappa shape index (κ3) is 6.88. The van der Waals surface area contributed by atoms with Crippen LogP contribution in [-0.4, -0.2) is 73.3 Å². The van der Waals surface area contributed by atoms with E-state index in [1.807, 2.05) is 0 Å². The number of carbonyl (C=O) groups excluding carboxylic acids is 1. The molecule has 6 atom stereocenters. The summed E-state index contributed by atoms with van der Waals surface area (Å²) in [5, 5.41) is 10.4. The van der Waals surface area contributed by atoms with Crippen LogP contribution in [0.4, 0.5) is 10.3 Å². The molecule has 3 aromatic rings. The quantitative estimate of drug-likeness (QED) is 0.153. The number of aliphatic hydroxyl groups excluding tert-OH is 1. The summed E-state index contributed by atoms with van der Waals surface area (Å²) in [7, 11) is -4.34. The van der Waals surface area contributed by atoms with E-state index >= 15 is 4.39 Å². The standard InChI is InChI=1S/C24H31ClFN6O8P/c1-5-36-20-17-19(29-23(27)30-20)32(12-28-17)22-24(25,26)18(33)16(39-22)11-37-41(35,40-15-9-7-6-8-10-15)31-14(4)21(34)38-13(2)3/h6-10,12-14,16,18,22,33H,5,11H2,1-4H3,(H,31,35)(H2,27,29,30)/t14-,16-,18-,22-,24-,41?/m1/s1. The number of nitrogen functional groups attached to an aromatic ring is 1. The van der Waals surface area contributed by atoms with Crippen molar-refractivity contribution in [1.82, 2.24) is 24.6 Å². The SMILES string of the molecule is CCOc1nc(N)nc2c1ncn2[C@@H]1O[C@H](COP(=O)(N[C@H](C)C(=O)OC(C)C)Oc2ccccc2)[C@@H](O)[C@]1(F)Cl. The Morgan fingerprint density at radius 2 is 2.02 bits per heavy atom. The zero-order chi connectivity index (χ0) is 29.9. The van der Waals surface area contributed by atoms with Gasteiger partial charge < -0.3 is 29.6 Å². The van der Waals surface area contributed by atoms with Crippen LogP contribution in [0.3, 0.4) is 0 Å². The van der Waals surface area contributed by atoms with Gasteiger partial charge in [0.15, 0.2) is 17.4 Å². The molecule has 1 saturated heterocycles. The number of nitrogens with two attached hydrogens (primary N) is 1. The number of rotatable bonds is 12. The molecular formula is C24H31ClFN6O8P. The highest BCUT2D eigenvalue weighted by atomic mass is 35.5. The first-order chi connectivity index (χ1) is 19.3.